The molecule has 1 saturated carbocycles. The Morgan fingerprint density at radius 2 is 2.31 bits per heavy atom. The summed E-state index contributed by atoms with van der Waals surface area (Å²) < 4.78 is 5.25. The Bertz CT molecular complexity index is 370. The summed E-state index contributed by atoms with van der Waals surface area (Å²) in [5.74, 6) is 0.727. The number of anilines is 1. The molecule has 0 unspecified atom stereocenters. The third-order valence-electron chi connectivity index (χ3n) is 3.24. The van der Waals surface area contributed by atoms with Crippen molar-refractivity contribution >= 4 is 5.69 Å². The van der Waals surface area contributed by atoms with E-state index in [9.17, 15) is 5.11 Å². The number of hydrogen-bond acceptors (Lipinski definition) is 4. The number of pyridine rings is 1. The molecule has 1 aromatic heterocycles. The van der Waals surface area contributed by atoms with E-state index >= 15 is 0 Å². The summed E-state index contributed by atoms with van der Waals surface area (Å²) in [5, 5.41) is 12.8. The van der Waals surface area contributed by atoms with Gasteiger partial charge >= 0.3 is 0 Å². The summed E-state index contributed by atoms with van der Waals surface area (Å²) in [4.78, 5) is 4.18. The number of aryl methyl sites for hydroxylation is 1. The summed E-state index contributed by atoms with van der Waals surface area (Å²) in [6.07, 6.45) is 4.89. The Kier molecular flexibility index (Phi) is 3.01. The average molecular weight is 222 g/mol. The van der Waals surface area contributed by atoms with E-state index in [0.29, 0.717) is 0 Å². The van der Waals surface area contributed by atoms with Crippen LogP contribution in [0.4, 0.5) is 5.69 Å². The predicted octanol–water partition coefficient (Wildman–Crippen LogP) is 1.73. The van der Waals surface area contributed by atoms with Gasteiger partial charge in [0.15, 0.2) is 5.75 Å². The SMILES string of the molecule is COc1cnc(C)cc1NC1(CO)CCC1. The van der Waals surface area contributed by atoms with E-state index in [1.807, 2.05) is 13.0 Å². The molecule has 1 fully saturated rings. The van der Waals surface area contributed by atoms with Crippen molar-refractivity contribution in [2.24, 2.45) is 0 Å². The molecule has 1 heterocycles. The van der Waals surface area contributed by atoms with E-state index < -0.39 is 0 Å². The van der Waals surface area contributed by atoms with Gasteiger partial charge in [0.25, 0.3) is 0 Å². The molecule has 0 aliphatic heterocycles. The molecule has 0 saturated heterocycles. The van der Waals surface area contributed by atoms with Gasteiger partial charge < -0.3 is 15.2 Å². The fourth-order valence-corrected chi connectivity index (χ4v) is 2.02. The summed E-state index contributed by atoms with van der Waals surface area (Å²) >= 11 is 0. The molecule has 1 aliphatic rings. The maximum absolute atomic E-state index is 9.41. The quantitative estimate of drug-likeness (QED) is 0.814. The molecule has 0 bridgehead atoms. The lowest BCUT2D eigenvalue weighted by Crippen LogP contribution is -2.48. The van der Waals surface area contributed by atoms with Gasteiger partial charge in [0.1, 0.15) is 0 Å². The van der Waals surface area contributed by atoms with Crippen molar-refractivity contribution in [3.63, 3.8) is 0 Å². The van der Waals surface area contributed by atoms with E-state index in [0.717, 1.165) is 30.0 Å². The third-order valence-corrected chi connectivity index (χ3v) is 3.24. The topological polar surface area (TPSA) is 54.4 Å². The van der Waals surface area contributed by atoms with Crippen molar-refractivity contribution in [2.75, 3.05) is 19.0 Å². The highest BCUT2D eigenvalue weighted by molar-refractivity contribution is 5.58. The summed E-state index contributed by atoms with van der Waals surface area (Å²) in [5.41, 5.74) is 1.71. The fraction of sp³-hybridized carbons (Fsp3) is 0.583. The summed E-state index contributed by atoms with van der Waals surface area (Å²) in [6.45, 7) is 2.11. The lowest BCUT2D eigenvalue weighted by Gasteiger charge is -2.42. The molecular weight excluding hydrogens is 204 g/mol. The molecule has 1 aromatic rings. The van der Waals surface area contributed by atoms with Gasteiger partial charge in [-0.2, -0.15) is 0 Å². The molecule has 0 radical (unpaired) electrons. The number of hydrogen-bond donors (Lipinski definition) is 2. The molecule has 1 aliphatic carbocycles. The van der Waals surface area contributed by atoms with Gasteiger partial charge in [-0.1, -0.05) is 0 Å². The number of aliphatic hydroxyl groups is 1. The molecule has 0 aromatic carbocycles. The van der Waals surface area contributed by atoms with Crippen molar-refractivity contribution in [1.82, 2.24) is 4.98 Å². The maximum Gasteiger partial charge on any atom is 0.160 e. The van der Waals surface area contributed by atoms with Crippen LogP contribution in [0.5, 0.6) is 5.75 Å². The smallest absolute Gasteiger partial charge is 0.160 e. The van der Waals surface area contributed by atoms with Crippen molar-refractivity contribution in [3.05, 3.63) is 18.0 Å². The van der Waals surface area contributed by atoms with Crippen molar-refractivity contribution < 1.29 is 9.84 Å². The molecule has 2 N–H and O–H groups in total. The number of ether oxygens (including phenoxy) is 1. The third kappa shape index (κ3) is 1.97. The number of aliphatic hydroxyl groups excluding tert-OH is 1. The van der Waals surface area contributed by atoms with Crippen LogP contribution in [0.15, 0.2) is 12.3 Å². The van der Waals surface area contributed by atoms with Crippen molar-refractivity contribution in [2.45, 2.75) is 31.7 Å². The molecule has 4 heteroatoms. The molecule has 0 amide bonds. The standard InChI is InChI=1S/C12H18N2O2/c1-9-6-10(11(16-2)7-13-9)14-12(8-15)4-3-5-12/h6-7,15H,3-5,8H2,1-2H3,(H,13,14). The van der Waals surface area contributed by atoms with Gasteiger partial charge in [0, 0.05) is 5.69 Å². The zero-order valence-electron chi connectivity index (χ0n) is 9.79. The minimum absolute atomic E-state index is 0.152. The lowest BCUT2D eigenvalue weighted by molar-refractivity contribution is 0.144. The van der Waals surface area contributed by atoms with Gasteiger partial charge in [-0.3, -0.25) is 4.98 Å². The number of methoxy groups -OCH3 is 1. The zero-order valence-corrected chi connectivity index (χ0v) is 9.79. The summed E-state index contributed by atoms with van der Waals surface area (Å²) in [6, 6.07) is 1.95. The van der Waals surface area contributed by atoms with Crippen molar-refractivity contribution in [1.29, 1.82) is 0 Å². The number of nitrogens with zero attached hydrogens (tertiary/aromatic N) is 1. The zero-order chi connectivity index (χ0) is 11.6. The van der Waals surface area contributed by atoms with Crippen LogP contribution in [0.2, 0.25) is 0 Å². The Morgan fingerprint density at radius 1 is 1.56 bits per heavy atom. The minimum Gasteiger partial charge on any atom is -0.493 e. The predicted molar refractivity (Wildman–Crippen MR) is 62.8 cm³/mol. The minimum atomic E-state index is -0.152. The normalized spacial score (nSPS) is 17.7. The second-order valence-corrected chi connectivity index (χ2v) is 4.44. The molecule has 2 rings (SSSR count). The van der Waals surface area contributed by atoms with E-state index in [1.54, 1.807) is 13.3 Å². The number of nitrogens with one attached hydrogen (secondary N) is 1. The highest BCUT2D eigenvalue weighted by atomic mass is 16.5. The second kappa shape index (κ2) is 4.29. The Hall–Kier alpha value is -1.29. The van der Waals surface area contributed by atoms with Crippen LogP contribution in [-0.4, -0.2) is 29.3 Å². The Labute approximate surface area is 95.7 Å². The Balaban J connectivity index is 2.22. The highest BCUT2D eigenvalue weighted by Crippen LogP contribution is 2.37. The van der Waals surface area contributed by atoms with Crippen LogP contribution >= 0.6 is 0 Å². The van der Waals surface area contributed by atoms with Crippen LogP contribution in [0, 0.1) is 6.92 Å². The molecular formula is C12H18N2O2. The van der Waals surface area contributed by atoms with Gasteiger partial charge in [0.2, 0.25) is 0 Å². The second-order valence-electron chi connectivity index (χ2n) is 4.44. The average Bonchev–Trinajstić information content (AvgIpc) is 2.24. The van der Waals surface area contributed by atoms with Crippen LogP contribution in [0.3, 0.4) is 0 Å². The van der Waals surface area contributed by atoms with Gasteiger partial charge in [-0.05, 0) is 32.3 Å². The molecule has 88 valence electrons. The largest absolute Gasteiger partial charge is 0.493 e. The molecule has 4 nitrogen and oxygen atoms in total. The van der Waals surface area contributed by atoms with E-state index in [2.05, 4.69) is 10.3 Å². The maximum atomic E-state index is 9.41. The first-order chi connectivity index (χ1) is 7.69. The molecule has 0 spiro atoms. The first-order valence-corrected chi connectivity index (χ1v) is 5.59. The Morgan fingerprint density at radius 3 is 2.81 bits per heavy atom. The van der Waals surface area contributed by atoms with Crippen LogP contribution in [-0.2, 0) is 0 Å². The van der Waals surface area contributed by atoms with Gasteiger partial charge in [-0.15, -0.1) is 0 Å². The van der Waals surface area contributed by atoms with Crippen LogP contribution in [0.25, 0.3) is 0 Å². The van der Waals surface area contributed by atoms with E-state index in [4.69, 9.17) is 4.74 Å². The molecule has 0 atom stereocenters. The fourth-order valence-electron chi connectivity index (χ4n) is 2.02. The van der Waals surface area contributed by atoms with Gasteiger partial charge in [-0.25, -0.2) is 0 Å². The lowest BCUT2D eigenvalue weighted by atomic mass is 9.77. The van der Waals surface area contributed by atoms with Gasteiger partial charge in [0.05, 0.1) is 31.1 Å². The number of rotatable bonds is 4. The first-order valence-electron chi connectivity index (χ1n) is 5.59. The summed E-state index contributed by atoms with van der Waals surface area (Å²) in [7, 11) is 1.63. The van der Waals surface area contributed by atoms with Crippen LogP contribution in [0.1, 0.15) is 25.0 Å². The molecule has 16 heavy (non-hydrogen) atoms. The van der Waals surface area contributed by atoms with E-state index in [1.165, 1.54) is 6.42 Å². The highest BCUT2D eigenvalue weighted by Gasteiger charge is 2.36. The first kappa shape index (κ1) is 11.2. The number of aromatic nitrogens is 1. The van der Waals surface area contributed by atoms with E-state index in [-0.39, 0.29) is 12.1 Å². The monoisotopic (exact) mass is 222 g/mol. The van der Waals surface area contributed by atoms with Crippen LogP contribution < -0.4 is 10.1 Å². The van der Waals surface area contributed by atoms with Crippen molar-refractivity contribution in [3.8, 4) is 5.75 Å².